The van der Waals surface area contributed by atoms with E-state index >= 15 is 0 Å². The van der Waals surface area contributed by atoms with E-state index in [1.807, 2.05) is 36.4 Å². The lowest BCUT2D eigenvalue weighted by molar-refractivity contribution is 0.600. The maximum Gasteiger partial charge on any atom is 0.234 e. The number of nitrogens with zero attached hydrogens (tertiary/aromatic N) is 1. The third-order valence-electron chi connectivity index (χ3n) is 4.75. The molecule has 0 amide bonds. The fourth-order valence-electron chi connectivity index (χ4n) is 3.31. The third-order valence-corrected chi connectivity index (χ3v) is 6.01. The topological polar surface area (TPSA) is 71.1 Å². The lowest BCUT2D eigenvalue weighted by atomic mass is 10.1. The number of nitrogens with one attached hydrogen (secondary N) is 2. The molecule has 1 saturated carbocycles. The fourth-order valence-corrected chi connectivity index (χ4v) is 4.35. The minimum Gasteiger partial charge on any atom is -0.381 e. The second kappa shape index (κ2) is 9.03. The van der Waals surface area contributed by atoms with Gasteiger partial charge in [0.2, 0.25) is 10.0 Å². The van der Waals surface area contributed by atoms with Crippen molar-refractivity contribution in [3.8, 4) is 0 Å². The normalized spacial score (nSPS) is 16.0. The van der Waals surface area contributed by atoms with Crippen molar-refractivity contribution in [2.75, 3.05) is 15.8 Å². The van der Waals surface area contributed by atoms with Gasteiger partial charge in [0, 0.05) is 6.04 Å². The van der Waals surface area contributed by atoms with Gasteiger partial charge < -0.3 is 5.32 Å². The number of pyridine rings is 1. The van der Waals surface area contributed by atoms with Crippen molar-refractivity contribution in [1.29, 1.82) is 0 Å². The minimum atomic E-state index is -3.41. The van der Waals surface area contributed by atoms with Crippen molar-refractivity contribution in [3.05, 3.63) is 54.2 Å². The van der Waals surface area contributed by atoms with Crippen LogP contribution in [0.2, 0.25) is 0 Å². The molecule has 1 aliphatic rings. The van der Waals surface area contributed by atoms with Crippen molar-refractivity contribution in [3.63, 3.8) is 0 Å². The largest absolute Gasteiger partial charge is 0.381 e. The van der Waals surface area contributed by atoms with Crippen molar-refractivity contribution in [2.24, 2.45) is 0 Å². The van der Waals surface area contributed by atoms with Gasteiger partial charge in [0.05, 0.1) is 17.6 Å². The number of anilines is 2. The Morgan fingerprint density at radius 1 is 0.962 bits per heavy atom. The molecule has 2 aromatic rings. The van der Waals surface area contributed by atoms with E-state index < -0.39 is 10.0 Å². The Morgan fingerprint density at radius 3 is 2.35 bits per heavy atom. The molecule has 0 aliphatic heterocycles. The predicted octanol–water partition coefficient (Wildman–Crippen LogP) is 4.20. The average molecular weight is 374 g/mol. The second-order valence-corrected chi connectivity index (χ2v) is 8.76. The van der Waals surface area contributed by atoms with Gasteiger partial charge in [0.1, 0.15) is 5.82 Å². The zero-order chi connectivity index (χ0) is 18.2. The highest BCUT2D eigenvalue weighted by atomic mass is 32.2. The quantitative estimate of drug-likeness (QED) is 0.714. The van der Waals surface area contributed by atoms with E-state index in [0.29, 0.717) is 18.3 Å². The number of sulfonamides is 1. The van der Waals surface area contributed by atoms with Crippen LogP contribution in [-0.4, -0.2) is 25.2 Å². The van der Waals surface area contributed by atoms with E-state index in [1.54, 1.807) is 12.3 Å². The first-order chi connectivity index (χ1) is 12.6. The third kappa shape index (κ3) is 6.02. The van der Waals surface area contributed by atoms with Crippen LogP contribution < -0.4 is 10.0 Å². The SMILES string of the molecule is O=S(=O)(CCc1ccccc1)Nc1ccc(NC2CCCCCC2)cn1. The van der Waals surface area contributed by atoms with Crippen LogP contribution in [0.5, 0.6) is 0 Å². The molecule has 140 valence electrons. The van der Waals surface area contributed by atoms with Crippen LogP contribution in [0.1, 0.15) is 44.1 Å². The van der Waals surface area contributed by atoms with E-state index in [9.17, 15) is 8.42 Å². The summed E-state index contributed by atoms with van der Waals surface area (Å²) < 4.78 is 27.1. The van der Waals surface area contributed by atoms with Gasteiger partial charge in [-0.1, -0.05) is 56.0 Å². The summed E-state index contributed by atoms with van der Waals surface area (Å²) in [7, 11) is -3.41. The monoisotopic (exact) mass is 373 g/mol. The molecule has 0 radical (unpaired) electrons. The molecule has 1 aromatic heterocycles. The summed E-state index contributed by atoms with van der Waals surface area (Å²) in [5.74, 6) is 0.408. The Kier molecular flexibility index (Phi) is 6.50. The van der Waals surface area contributed by atoms with Gasteiger partial charge in [-0.15, -0.1) is 0 Å². The molecule has 26 heavy (non-hydrogen) atoms. The molecule has 1 aromatic carbocycles. The van der Waals surface area contributed by atoms with Crippen LogP contribution in [0.25, 0.3) is 0 Å². The van der Waals surface area contributed by atoms with Gasteiger partial charge in [-0.05, 0) is 37.0 Å². The van der Waals surface area contributed by atoms with E-state index in [4.69, 9.17) is 0 Å². The highest BCUT2D eigenvalue weighted by molar-refractivity contribution is 7.92. The molecule has 6 heteroatoms. The van der Waals surface area contributed by atoms with Crippen molar-refractivity contribution in [2.45, 2.75) is 51.0 Å². The van der Waals surface area contributed by atoms with E-state index in [1.165, 1.54) is 38.5 Å². The minimum absolute atomic E-state index is 0.0424. The Balaban J connectivity index is 1.52. The highest BCUT2D eigenvalue weighted by Crippen LogP contribution is 2.21. The number of rotatable bonds is 7. The average Bonchev–Trinajstić information content (AvgIpc) is 2.91. The molecule has 0 spiro atoms. The summed E-state index contributed by atoms with van der Waals surface area (Å²) >= 11 is 0. The maximum absolute atomic E-state index is 12.2. The Labute approximate surface area is 156 Å². The predicted molar refractivity (Wildman–Crippen MR) is 107 cm³/mol. The van der Waals surface area contributed by atoms with Gasteiger partial charge in [-0.3, -0.25) is 4.72 Å². The summed E-state index contributed by atoms with van der Waals surface area (Å²) in [5, 5.41) is 3.52. The Hall–Kier alpha value is -2.08. The second-order valence-electron chi connectivity index (χ2n) is 6.92. The summed E-state index contributed by atoms with van der Waals surface area (Å²) in [4.78, 5) is 4.26. The molecule has 1 fully saturated rings. The summed E-state index contributed by atoms with van der Waals surface area (Å²) in [6.45, 7) is 0. The number of aryl methyl sites for hydroxylation is 1. The van der Waals surface area contributed by atoms with Crippen molar-refractivity contribution in [1.82, 2.24) is 4.98 Å². The van der Waals surface area contributed by atoms with Crippen molar-refractivity contribution < 1.29 is 8.42 Å². The molecule has 0 bridgehead atoms. The summed E-state index contributed by atoms with van der Waals surface area (Å²) in [5.41, 5.74) is 1.96. The van der Waals surface area contributed by atoms with Gasteiger partial charge in [0.15, 0.2) is 0 Å². The van der Waals surface area contributed by atoms with Gasteiger partial charge in [0.25, 0.3) is 0 Å². The molecule has 1 aliphatic carbocycles. The molecular weight excluding hydrogens is 346 g/mol. The van der Waals surface area contributed by atoms with Gasteiger partial charge in [-0.2, -0.15) is 0 Å². The lowest BCUT2D eigenvalue weighted by Gasteiger charge is -2.17. The lowest BCUT2D eigenvalue weighted by Crippen LogP contribution is -2.20. The molecule has 2 N–H and O–H groups in total. The zero-order valence-electron chi connectivity index (χ0n) is 15.0. The molecule has 1 heterocycles. The summed E-state index contributed by atoms with van der Waals surface area (Å²) in [6.07, 6.45) is 9.74. The fraction of sp³-hybridized carbons (Fsp3) is 0.450. The molecule has 0 atom stereocenters. The molecule has 3 rings (SSSR count). The van der Waals surface area contributed by atoms with E-state index in [-0.39, 0.29) is 5.75 Å². The number of hydrogen-bond acceptors (Lipinski definition) is 4. The first-order valence-electron chi connectivity index (χ1n) is 9.38. The Bertz CT molecular complexity index is 768. The number of aromatic nitrogens is 1. The van der Waals surface area contributed by atoms with Crippen LogP contribution in [0.15, 0.2) is 48.7 Å². The van der Waals surface area contributed by atoms with Crippen LogP contribution in [-0.2, 0) is 16.4 Å². The highest BCUT2D eigenvalue weighted by Gasteiger charge is 2.13. The summed E-state index contributed by atoms with van der Waals surface area (Å²) in [6, 6.07) is 13.7. The van der Waals surface area contributed by atoms with E-state index in [0.717, 1.165) is 11.3 Å². The maximum atomic E-state index is 12.2. The smallest absolute Gasteiger partial charge is 0.234 e. The number of hydrogen-bond donors (Lipinski definition) is 2. The van der Waals surface area contributed by atoms with Crippen LogP contribution >= 0.6 is 0 Å². The van der Waals surface area contributed by atoms with Crippen molar-refractivity contribution >= 4 is 21.5 Å². The molecule has 0 saturated heterocycles. The Morgan fingerprint density at radius 2 is 1.69 bits per heavy atom. The van der Waals surface area contributed by atoms with Gasteiger partial charge in [-0.25, -0.2) is 13.4 Å². The standard InChI is InChI=1S/C20H27N3O2S/c24-26(25,15-14-17-8-4-3-5-9-17)23-20-13-12-19(16-21-20)22-18-10-6-1-2-7-11-18/h3-5,8-9,12-13,16,18,22H,1-2,6-7,10-11,14-15H2,(H,21,23). The molecule has 5 nitrogen and oxygen atoms in total. The van der Waals surface area contributed by atoms with Crippen LogP contribution in [0.3, 0.4) is 0 Å². The van der Waals surface area contributed by atoms with Gasteiger partial charge >= 0.3 is 0 Å². The molecule has 0 unspecified atom stereocenters. The first-order valence-corrected chi connectivity index (χ1v) is 11.0. The van der Waals surface area contributed by atoms with Crippen LogP contribution in [0.4, 0.5) is 11.5 Å². The zero-order valence-corrected chi connectivity index (χ0v) is 15.8. The number of benzene rings is 1. The molecular formula is C20H27N3O2S. The van der Waals surface area contributed by atoms with E-state index in [2.05, 4.69) is 15.0 Å². The first kappa shape index (κ1) is 18.7. The van der Waals surface area contributed by atoms with Crippen LogP contribution in [0, 0.1) is 0 Å².